The molecular formula is C20H27N4O3+. The molecule has 2 aromatic heterocycles. The van der Waals surface area contributed by atoms with Gasteiger partial charge in [-0.25, -0.2) is 4.79 Å². The number of carbonyl (C=O) groups is 1. The molecule has 0 N–H and O–H groups in total. The summed E-state index contributed by atoms with van der Waals surface area (Å²) in [5.74, 6) is -0.373. The maximum Gasteiger partial charge on any atom is 0.431 e. The lowest BCUT2D eigenvalue weighted by atomic mass is 9.90. The van der Waals surface area contributed by atoms with E-state index in [1.807, 2.05) is 0 Å². The van der Waals surface area contributed by atoms with Crippen LogP contribution in [0.1, 0.15) is 74.6 Å². The highest BCUT2D eigenvalue weighted by Crippen LogP contribution is 2.27. The molecule has 0 aliphatic heterocycles. The van der Waals surface area contributed by atoms with Crippen LogP contribution >= 0.6 is 0 Å². The van der Waals surface area contributed by atoms with Crippen molar-refractivity contribution in [2.75, 3.05) is 5.01 Å². The molecule has 0 saturated heterocycles. The topological polar surface area (TPSA) is 72.2 Å². The number of rotatable bonds is 4. The SMILES string of the molecule is O=C(c1cccnc1)n1oc(=O)c[n+]1N(C1CCCCC1)C1CCCCC1. The largest absolute Gasteiger partial charge is 0.431 e. The van der Waals surface area contributed by atoms with E-state index in [4.69, 9.17) is 4.52 Å². The van der Waals surface area contributed by atoms with Crippen molar-refractivity contribution in [2.45, 2.75) is 76.3 Å². The fourth-order valence-electron chi connectivity index (χ4n) is 4.52. The lowest BCUT2D eigenvalue weighted by molar-refractivity contribution is -0.781. The number of aromatic nitrogens is 3. The molecule has 2 fully saturated rings. The Kier molecular flexibility index (Phi) is 5.36. The van der Waals surface area contributed by atoms with E-state index in [9.17, 15) is 9.59 Å². The fraction of sp³-hybridized carbons (Fsp3) is 0.600. The minimum absolute atomic E-state index is 0.330. The average molecular weight is 371 g/mol. The highest BCUT2D eigenvalue weighted by atomic mass is 16.6. The molecule has 2 aliphatic rings. The molecule has 2 saturated carbocycles. The normalized spacial score (nSPS) is 19.1. The molecule has 0 bridgehead atoms. The Balaban J connectivity index is 1.73. The van der Waals surface area contributed by atoms with Gasteiger partial charge in [0.25, 0.3) is 0 Å². The van der Waals surface area contributed by atoms with E-state index in [2.05, 4.69) is 9.99 Å². The molecule has 0 amide bonds. The van der Waals surface area contributed by atoms with Crippen molar-refractivity contribution >= 4 is 5.91 Å². The van der Waals surface area contributed by atoms with Gasteiger partial charge in [-0.3, -0.25) is 14.3 Å². The maximum atomic E-state index is 13.0. The van der Waals surface area contributed by atoms with Crippen molar-refractivity contribution in [3.63, 3.8) is 0 Å². The third-order valence-electron chi connectivity index (χ3n) is 5.80. The standard InChI is InChI=1S/C20H27N4O3/c25-19-15-22(24(27-19)20(26)16-8-7-13-21-14-16)23(17-9-3-1-4-10-17)18-11-5-2-6-12-18/h7-8,13-15,17-18H,1-6,9-12H2/q+1. The molecule has 0 unspecified atom stereocenters. The van der Waals surface area contributed by atoms with Crippen molar-refractivity contribution in [3.8, 4) is 0 Å². The third-order valence-corrected chi connectivity index (χ3v) is 5.80. The Hall–Kier alpha value is -2.44. The number of hydrogen-bond donors (Lipinski definition) is 0. The Labute approximate surface area is 158 Å². The van der Waals surface area contributed by atoms with E-state index in [1.165, 1.54) is 50.9 Å². The molecule has 27 heavy (non-hydrogen) atoms. The number of hydrogen-bond acceptors (Lipinski definition) is 5. The van der Waals surface area contributed by atoms with Gasteiger partial charge < -0.3 is 0 Å². The molecule has 4 rings (SSSR count). The zero-order valence-electron chi connectivity index (χ0n) is 15.6. The van der Waals surface area contributed by atoms with Crippen molar-refractivity contribution in [3.05, 3.63) is 46.7 Å². The Morgan fingerprint density at radius 3 is 2.26 bits per heavy atom. The highest BCUT2D eigenvalue weighted by Gasteiger charge is 2.39. The highest BCUT2D eigenvalue weighted by molar-refractivity contribution is 5.93. The van der Waals surface area contributed by atoms with Gasteiger partial charge in [0, 0.05) is 17.2 Å². The van der Waals surface area contributed by atoms with Gasteiger partial charge in [-0.15, -0.1) is 5.01 Å². The Morgan fingerprint density at radius 2 is 1.70 bits per heavy atom. The zero-order chi connectivity index (χ0) is 18.6. The van der Waals surface area contributed by atoms with Crippen LogP contribution in [0.3, 0.4) is 0 Å². The van der Waals surface area contributed by atoms with Gasteiger partial charge in [0.2, 0.25) is 0 Å². The van der Waals surface area contributed by atoms with Crippen molar-refractivity contribution < 1.29 is 14.1 Å². The molecule has 2 heterocycles. The summed E-state index contributed by atoms with van der Waals surface area (Å²) < 4.78 is 5.30. The van der Waals surface area contributed by atoms with Crippen molar-refractivity contribution in [1.82, 2.24) is 9.84 Å². The van der Waals surface area contributed by atoms with Gasteiger partial charge in [-0.1, -0.05) is 38.5 Å². The quantitative estimate of drug-likeness (QED) is 0.772. The van der Waals surface area contributed by atoms with E-state index in [0.29, 0.717) is 17.6 Å². The van der Waals surface area contributed by atoms with E-state index in [-0.39, 0.29) is 5.91 Å². The van der Waals surface area contributed by atoms with Gasteiger partial charge in [-0.05, 0) is 37.8 Å². The number of carbonyl (C=O) groups excluding carboxylic acids is 1. The molecule has 144 valence electrons. The molecule has 2 aromatic rings. The van der Waals surface area contributed by atoms with Crippen LogP contribution in [0.25, 0.3) is 0 Å². The summed E-state index contributed by atoms with van der Waals surface area (Å²) in [4.78, 5) is 31.9. The molecule has 0 spiro atoms. The summed E-state index contributed by atoms with van der Waals surface area (Å²) in [5, 5.41) is 2.26. The first-order valence-corrected chi connectivity index (χ1v) is 10.1. The molecule has 7 heteroatoms. The van der Waals surface area contributed by atoms with Crippen molar-refractivity contribution in [2.24, 2.45) is 0 Å². The lowest BCUT2D eigenvalue weighted by Gasteiger charge is -2.36. The predicted molar refractivity (Wildman–Crippen MR) is 99.1 cm³/mol. The summed E-state index contributed by atoms with van der Waals surface area (Å²) in [6.45, 7) is 0. The number of pyridine rings is 1. The second-order valence-corrected chi connectivity index (χ2v) is 7.64. The van der Waals surface area contributed by atoms with Crippen LogP contribution in [0.2, 0.25) is 0 Å². The maximum absolute atomic E-state index is 13.0. The van der Waals surface area contributed by atoms with Crippen LogP contribution in [0, 0.1) is 0 Å². The van der Waals surface area contributed by atoms with E-state index < -0.39 is 5.63 Å². The van der Waals surface area contributed by atoms with Crippen LogP contribution in [0.4, 0.5) is 0 Å². The zero-order valence-corrected chi connectivity index (χ0v) is 15.6. The molecular weight excluding hydrogens is 344 g/mol. The fourth-order valence-corrected chi connectivity index (χ4v) is 4.52. The molecule has 0 aromatic carbocycles. The van der Waals surface area contributed by atoms with Gasteiger partial charge in [0.1, 0.15) is 4.85 Å². The Morgan fingerprint density at radius 1 is 1.07 bits per heavy atom. The average Bonchev–Trinajstić information content (AvgIpc) is 3.11. The molecule has 7 nitrogen and oxygen atoms in total. The van der Waals surface area contributed by atoms with Gasteiger partial charge in [0.05, 0.1) is 17.6 Å². The third kappa shape index (κ3) is 3.82. The lowest BCUT2D eigenvalue weighted by Crippen LogP contribution is -2.71. The van der Waals surface area contributed by atoms with Crippen molar-refractivity contribution in [1.29, 1.82) is 0 Å². The second-order valence-electron chi connectivity index (χ2n) is 7.64. The summed E-state index contributed by atoms with van der Waals surface area (Å²) >= 11 is 0. The predicted octanol–water partition coefficient (Wildman–Crippen LogP) is 2.42. The summed E-state index contributed by atoms with van der Waals surface area (Å²) in [7, 11) is 0. The number of nitrogens with zero attached hydrogens (tertiary/aromatic N) is 4. The summed E-state index contributed by atoms with van der Waals surface area (Å²) in [6, 6.07) is 4.05. The smallest absolute Gasteiger partial charge is 0.272 e. The summed E-state index contributed by atoms with van der Waals surface area (Å²) in [5.41, 5.74) is -0.110. The minimum atomic E-state index is -0.510. The van der Waals surface area contributed by atoms with Crippen LogP contribution < -0.4 is 15.4 Å². The molecule has 0 atom stereocenters. The van der Waals surface area contributed by atoms with Gasteiger partial charge >= 0.3 is 17.7 Å². The monoisotopic (exact) mass is 371 g/mol. The first kappa shape index (κ1) is 17.9. The van der Waals surface area contributed by atoms with Gasteiger partial charge in [0.15, 0.2) is 0 Å². The Bertz CT molecular complexity index is 799. The van der Waals surface area contributed by atoms with E-state index in [0.717, 1.165) is 30.5 Å². The minimum Gasteiger partial charge on any atom is -0.272 e. The van der Waals surface area contributed by atoms with Gasteiger partial charge in [-0.2, -0.15) is 0 Å². The first-order chi connectivity index (χ1) is 13.2. The summed E-state index contributed by atoms with van der Waals surface area (Å²) in [6.07, 6.45) is 16.1. The van der Waals surface area contributed by atoms with Crippen LogP contribution in [0.15, 0.2) is 40.0 Å². The van der Waals surface area contributed by atoms with E-state index >= 15 is 0 Å². The molecule has 0 radical (unpaired) electrons. The first-order valence-electron chi connectivity index (χ1n) is 10.1. The van der Waals surface area contributed by atoms with Crippen LogP contribution in [0.5, 0.6) is 0 Å². The second kappa shape index (κ2) is 8.06. The molecule has 2 aliphatic carbocycles. The van der Waals surface area contributed by atoms with Crippen LogP contribution in [-0.4, -0.2) is 27.8 Å². The van der Waals surface area contributed by atoms with Crippen LogP contribution in [-0.2, 0) is 0 Å². The van der Waals surface area contributed by atoms with E-state index in [1.54, 1.807) is 23.1 Å².